The normalized spacial score (nSPS) is 12.9. The van der Waals surface area contributed by atoms with E-state index in [0.717, 1.165) is 19.2 Å². The highest BCUT2D eigenvalue weighted by atomic mass is 32.2. The maximum Gasteiger partial charge on any atom is 0.475 e. The van der Waals surface area contributed by atoms with Gasteiger partial charge in [0.05, 0.1) is 20.6 Å². The second-order valence-corrected chi connectivity index (χ2v) is 4.91. The molecule has 0 aliphatic heterocycles. The highest BCUT2D eigenvalue weighted by molar-refractivity contribution is 7.86. The molecule has 1 atom stereocenters. The van der Waals surface area contributed by atoms with Gasteiger partial charge >= 0.3 is 11.5 Å². The summed E-state index contributed by atoms with van der Waals surface area (Å²) in [5, 5.41) is 0. The Hall–Kier alpha value is -1.57. The topological polar surface area (TPSA) is 52.6 Å². The summed E-state index contributed by atoms with van der Waals surface area (Å²) in [6.07, 6.45) is -0.261. The molecular weight excluding hydrogens is 285 g/mol. The number of hydrogen-bond donors (Lipinski definition) is 0. The second-order valence-electron chi connectivity index (χ2n) is 3.44. The van der Waals surface area contributed by atoms with Crippen molar-refractivity contribution in [3.63, 3.8) is 0 Å². The molecule has 0 fully saturated rings. The Balaban J connectivity index is 3.15. The molecule has 1 aromatic rings. The molecule has 0 spiro atoms. The monoisotopic (exact) mass is 296 g/mol. The molecule has 19 heavy (non-hydrogen) atoms. The van der Waals surface area contributed by atoms with Crippen LogP contribution in [-0.2, 0) is 26.8 Å². The summed E-state index contributed by atoms with van der Waals surface area (Å²) in [5.74, 6) is -0.401. The molecule has 4 nitrogen and oxygen atoms in total. The van der Waals surface area contributed by atoms with E-state index in [9.17, 15) is 22.2 Å². The average Bonchev–Trinajstić information content (AvgIpc) is 2.36. The van der Waals surface area contributed by atoms with E-state index < -0.39 is 27.2 Å². The van der Waals surface area contributed by atoms with Crippen molar-refractivity contribution in [3.8, 4) is 5.75 Å². The van der Waals surface area contributed by atoms with Crippen molar-refractivity contribution in [2.24, 2.45) is 0 Å². The quantitative estimate of drug-likeness (QED) is 0.798. The van der Waals surface area contributed by atoms with E-state index in [-0.39, 0.29) is 17.7 Å². The van der Waals surface area contributed by atoms with Crippen molar-refractivity contribution >= 4 is 16.8 Å². The number of methoxy groups -OCH3 is 2. The van der Waals surface area contributed by atoms with Gasteiger partial charge in [-0.15, -0.1) is 0 Å². The molecule has 0 saturated heterocycles. The fraction of sp³-hybridized carbons (Fsp3) is 0.364. The predicted octanol–water partition coefficient (Wildman–Crippen LogP) is 2.04. The molecule has 0 aliphatic carbocycles. The largest absolute Gasteiger partial charge is 0.496 e. The van der Waals surface area contributed by atoms with Gasteiger partial charge in [0.25, 0.3) is 0 Å². The van der Waals surface area contributed by atoms with Crippen LogP contribution in [0.5, 0.6) is 5.75 Å². The van der Waals surface area contributed by atoms with E-state index in [1.165, 1.54) is 13.2 Å². The molecule has 0 amide bonds. The van der Waals surface area contributed by atoms with Crippen LogP contribution in [0.4, 0.5) is 13.2 Å². The third kappa shape index (κ3) is 3.95. The van der Waals surface area contributed by atoms with Gasteiger partial charge in [-0.2, -0.15) is 13.2 Å². The molecule has 0 aromatic heterocycles. The highest BCUT2D eigenvalue weighted by Gasteiger charge is 2.38. The number of ether oxygens (including phenoxy) is 2. The number of halogens is 3. The number of carbonyl (C=O) groups excluding carboxylic acids is 1. The van der Waals surface area contributed by atoms with Crippen LogP contribution in [0.3, 0.4) is 0 Å². The summed E-state index contributed by atoms with van der Waals surface area (Å²) >= 11 is 0. The Bertz CT molecular complexity index is 499. The lowest BCUT2D eigenvalue weighted by Crippen LogP contribution is -2.16. The number of hydrogen-bond acceptors (Lipinski definition) is 4. The molecule has 106 valence electrons. The van der Waals surface area contributed by atoms with Gasteiger partial charge in [0.1, 0.15) is 5.75 Å². The van der Waals surface area contributed by atoms with Gasteiger partial charge in [0.15, 0.2) is 10.8 Å². The van der Waals surface area contributed by atoms with Gasteiger partial charge in [-0.3, -0.25) is 4.79 Å². The molecular formula is C11H11F3O4S. The fourth-order valence-corrected chi connectivity index (χ4v) is 2.08. The zero-order valence-corrected chi connectivity index (χ0v) is 10.9. The lowest BCUT2D eigenvalue weighted by Gasteiger charge is -2.11. The number of alkyl halides is 3. The number of carbonyl (C=O) groups is 1. The van der Waals surface area contributed by atoms with Gasteiger partial charge in [0, 0.05) is 10.5 Å². The van der Waals surface area contributed by atoms with Crippen LogP contribution in [0.15, 0.2) is 23.1 Å². The lowest BCUT2D eigenvalue weighted by molar-refractivity contribution is -0.139. The van der Waals surface area contributed by atoms with E-state index >= 15 is 0 Å². The van der Waals surface area contributed by atoms with Gasteiger partial charge < -0.3 is 9.47 Å². The smallest absolute Gasteiger partial charge is 0.475 e. The van der Waals surface area contributed by atoms with Gasteiger partial charge in [-0.1, -0.05) is 0 Å². The molecule has 0 heterocycles. The molecule has 8 heteroatoms. The summed E-state index contributed by atoms with van der Waals surface area (Å²) in [6, 6.07) is 3.31. The first kappa shape index (κ1) is 15.5. The van der Waals surface area contributed by atoms with Gasteiger partial charge in [-0.25, -0.2) is 4.21 Å². The van der Waals surface area contributed by atoms with Gasteiger partial charge in [-0.05, 0) is 18.2 Å². The first-order valence-electron chi connectivity index (χ1n) is 5.02. The van der Waals surface area contributed by atoms with Crippen molar-refractivity contribution in [1.82, 2.24) is 0 Å². The molecule has 0 N–H and O–H groups in total. The zero-order valence-electron chi connectivity index (χ0n) is 10.1. The molecule has 0 radical (unpaired) electrons. The van der Waals surface area contributed by atoms with Crippen LogP contribution in [0.25, 0.3) is 0 Å². The van der Waals surface area contributed by atoms with Crippen molar-refractivity contribution < 1.29 is 31.6 Å². The minimum absolute atomic E-state index is 0.185. The van der Waals surface area contributed by atoms with Crippen molar-refractivity contribution in [2.75, 3.05) is 14.2 Å². The Morgan fingerprint density at radius 2 is 1.95 bits per heavy atom. The lowest BCUT2D eigenvalue weighted by atomic mass is 10.1. The summed E-state index contributed by atoms with van der Waals surface area (Å²) in [7, 11) is -0.670. The van der Waals surface area contributed by atoms with Crippen LogP contribution >= 0.6 is 0 Å². The Morgan fingerprint density at radius 3 is 2.42 bits per heavy atom. The van der Waals surface area contributed by atoms with E-state index in [1.807, 2.05) is 0 Å². The molecule has 1 rings (SSSR count). The molecule has 0 bridgehead atoms. The maximum atomic E-state index is 12.4. The van der Waals surface area contributed by atoms with Crippen LogP contribution in [-0.4, -0.2) is 29.9 Å². The Morgan fingerprint density at radius 1 is 1.32 bits per heavy atom. The summed E-state index contributed by atoms with van der Waals surface area (Å²) in [4.78, 5) is 10.7. The van der Waals surface area contributed by atoms with Crippen LogP contribution in [0.1, 0.15) is 5.56 Å². The van der Waals surface area contributed by atoms with E-state index in [1.54, 1.807) is 0 Å². The Kier molecular flexibility index (Phi) is 4.93. The molecule has 0 aliphatic rings. The first-order chi connectivity index (χ1) is 8.79. The molecule has 1 aromatic carbocycles. The fourth-order valence-electron chi connectivity index (χ4n) is 1.37. The van der Waals surface area contributed by atoms with E-state index in [4.69, 9.17) is 4.74 Å². The van der Waals surface area contributed by atoms with Crippen LogP contribution in [0, 0.1) is 0 Å². The second kappa shape index (κ2) is 6.05. The SMILES string of the molecule is COC(=O)Cc1cc(S(=O)C(F)(F)F)ccc1OC. The zero-order chi connectivity index (χ0) is 14.6. The summed E-state index contributed by atoms with van der Waals surface area (Å²) in [5.41, 5.74) is -4.67. The van der Waals surface area contributed by atoms with Crippen LogP contribution in [0.2, 0.25) is 0 Å². The maximum absolute atomic E-state index is 12.4. The number of benzene rings is 1. The third-order valence-electron chi connectivity index (χ3n) is 2.24. The first-order valence-corrected chi connectivity index (χ1v) is 6.17. The minimum atomic E-state index is -4.85. The minimum Gasteiger partial charge on any atom is -0.496 e. The summed E-state index contributed by atoms with van der Waals surface area (Å²) < 4.78 is 57.6. The average molecular weight is 296 g/mol. The van der Waals surface area contributed by atoms with Crippen LogP contribution < -0.4 is 4.74 Å². The number of esters is 1. The third-order valence-corrected chi connectivity index (χ3v) is 3.34. The standard InChI is InChI=1S/C11H11F3O4S/c1-17-9-4-3-8(19(16)11(12,13)14)5-7(9)6-10(15)18-2/h3-5H,6H2,1-2H3. The molecule has 1 unspecified atom stereocenters. The van der Waals surface area contributed by atoms with E-state index in [0.29, 0.717) is 0 Å². The van der Waals surface area contributed by atoms with Crippen molar-refractivity contribution in [1.29, 1.82) is 0 Å². The number of rotatable bonds is 4. The van der Waals surface area contributed by atoms with E-state index in [2.05, 4.69) is 4.74 Å². The Labute approximate surface area is 110 Å². The predicted molar refractivity (Wildman–Crippen MR) is 61.2 cm³/mol. The van der Waals surface area contributed by atoms with Gasteiger partial charge in [0.2, 0.25) is 0 Å². The summed E-state index contributed by atoms with van der Waals surface area (Å²) in [6.45, 7) is 0. The van der Waals surface area contributed by atoms with Crippen molar-refractivity contribution in [2.45, 2.75) is 16.8 Å². The molecule has 0 saturated carbocycles. The highest BCUT2D eigenvalue weighted by Crippen LogP contribution is 2.29. The van der Waals surface area contributed by atoms with Crippen molar-refractivity contribution in [3.05, 3.63) is 23.8 Å².